The van der Waals surface area contributed by atoms with Crippen LogP contribution in [-0.2, 0) is 18.3 Å². The average molecular weight is 572 g/mol. The fourth-order valence-corrected chi connectivity index (χ4v) is 6.15. The lowest BCUT2D eigenvalue weighted by Crippen LogP contribution is -2.49. The van der Waals surface area contributed by atoms with Gasteiger partial charge in [0.1, 0.15) is 11.9 Å². The molecule has 0 N–H and O–H groups in total. The average Bonchev–Trinajstić information content (AvgIpc) is 3.45. The van der Waals surface area contributed by atoms with E-state index in [0.29, 0.717) is 25.1 Å². The van der Waals surface area contributed by atoms with Gasteiger partial charge in [0.05, 0.1) is 23.5 Å². The summed E-state index contributed by atoms with van der Waals surface area (Å²) < 4.78 is 3.52. The largest absolute Gasteiger partial charge is 0.353 e. The van der Waals surface area contributed by atoms with Crippen LogP contribution in [0.4, 0.5) is 5.82 Å². The van der Waals surface area contributed by atoms with E-state index in [1.165, 1.54) is 5.56 Å². The predicted molar refractivity (Wildman–Crippen MR) is 163 cm³/mol. The Morgan fingerprint density at radius 1 is 0.953 bits per heavy atom. The van der Waals surface area contributed by atoms with E-state index in [1.54, 1.807) is 15.4 Å². The van der Waals surface area contributed by atoms with Gasteiger partial charge in [0, 0.05) is 92.9 Å². The summed E-state index contributed by atoms with van der Waals surface area (Å²) in [6.45, 7) is 2.92. The van der Waals surface area contributed by atoms with Gasteiger partial charge in [-0.3, -0.25) is 14.5 Å². The number of fused-ring (bicyclic) bond motifs is 1. The van der Waals surface area contributed by atoms with Gasteiger partial charge in [0.2, 0.25) is 5.91 Å². The molecule has 0 aromatic carbocycles. The Labute approximate surface area is 250 Å². The van der Waals surface area contributed by atoms with E-state index < -0.39 is 0 Å². The van der Waals surface area contributed by atoms with Crippen LogP contribution in [0.3, 0.4) is 0 Å². The lowest BCUT2D eigenvalue weighted by atomic mass is 9.93. The third-order valence-corrected chi connectivity index (χ3v) is 8.96. The number of anilines is 1. The van der Waals surface area contributed by atoms with E-state index in [1.807, 2.05) is 55.2 Å². The minimum atomic E-state index is 0.176. The second-order valence-electron chi connectivity index (χ2n) is 11.8. The lowest BCUT2D eigenvalue weighted by Gasteiger charge is -2.36. The summed E-state index contributed by atoms with van der Waals surface area (Å²) in [7, 11) is 1.89. The summed E-state index contributed by atoms with van der Waals surface area (Å²) in [5.74, 6) is 1.17. The van der Waals surface area contributed by atoms with Crippen molar-refractivity contribution in [3.63, 3.8) is 0 Å². The van der Waals surface area contributed by atoms with Gasteiger partial charge in [0.15, 0.2) is 0 Å². The first-order valence-corrected chi connectivity index (χ1v) is 14.8. The van der Waals surface area contributed by atoms with Crippen LogP contribution >= 0.6 is 0 Å². The summed E-state index contributed by atoms with van der Waals surface area (Å²) in [6, 6.07) is 12.6. The molecule has 1 saturated heterocycles. The van der Waals surface area contributed by atoms with Gasteiger partial charge in [-0.15, -0.1) is 0 Å². The van der Waals surface area contributed by atoms with Gasteiger partial charge >= 0.3 is 0 Å². The minimum Gasteiger partial charge on any atom is -0.353 e. The van der Waals surface area contributed by atoms with Gasteiger partial charge in [-0.25, -0.2) is 9.50 Å². The molecule has 1 saturated carbocycles. The van der Waals surface area contributed by atoms with Crippen LogP contribution in [0.5, 0.6) is 0 Å². The van der Waals surface area contributed by atoms with E-state index in [-0.39, 0.29) is 11.3 Å². The van der Waals surface area contributed by atoms with Gasteiger partial charge in [-0.1, -0.05) is 0 Å². The van der Waals surface area contributed by atoms with Crippen LogP contribution in [0.1, 0.15) is 36.8 Å². The maximum absolute atomic E-state index is 13.2. The number of aryl methyl sites for hydroxylation is 2. The molecule has 5 aromatic heterocycles. The summed E-state index contributed by atoms with van der Waals surface area (Å²) in [4.78, 5) is 26.4. The third-order valence-electron chi connectivity index (χ3n) is 8.96. The van der Waals surface area contributed by atoms with Crippen molar-refractivity contribution in [2.75, 3.05) is 31.1 Å². The van der Waals surface area contributed by atoms with E-state index in [9.17, 15) is 10.1 Å². The van der Waals surface area contributed by atoms with Crippen LogP contribution in [0.25, 0.3) is 27.8 Å². The number of nitriles is 1. The number of piperazine rings is 1. The molecule has 0 bridgehead atoms. The van der Waals surface area contributed by atoms with Crippen molar-refractivity contribution in [3.05, 3.63) is 84.8 Å². The van der Waals surface area contributed by atoms with Gasteiger partial charge in [-0.2, -0.15) is 15.5 Å². The van der Waals surface area contributed by atoms with Crippen LogP contribution < -0.4 is 4.90 Å². The van der Waals surface area contributed by atoms with E-state index >= 15 is 0 Å². The molecule has 0 unspecified atom stereocenters. The molecule has 10 nitrogen and oxygen atoms in total. The Hall–Kier alpha value is -5.04. The SMILES string of the molecule is Cn1cc(-c2cc(-c3ccc(N4CCN(C(=O)CC5(CCc6ccncc6)CC5)CC4)nc3)c3c(C#N)cnn3c2)cn1. The van der Waals surface area contributed by atoms with Gasteiger partial charge < -0.3 is 9.80 Å². The molecule has 1 aliphatic heterocycles. The highest BCUT2D eigenvalue weighted by Crippen LogP contribution is 2.52. The number of carbonyl (C=O) groups excluding carboxylic acids is 1. The van der Waals surface area contributed by atoms with E-state index in [2.05, 4.69) is 50.4 Å². The topological polar surface area (TPSA) is 108 Å². The predicted octanol–water partition coefficient (Wildman–Crippen LogP) is 4.52. The normalized spacial score (nSPS) is 15.9. The van der Waals surface area contributed by atoms with E-state index in [0.717, 1.165) is 72.4 Å². The minimum absolute atomic E-state index is 0.176. The van der Waals surface area contributed by atoms with Crippen molar-refractivity contribution in [2.45, 2.75) is 32.1 Å². The smallest absolute Gasteiger partial charge is 0.223 e. The molecule has 0 radical (unpaired) electrons. The molecule has 216 valence electrons. The molecular weight excluding hydrogens is 538 g/mol. The summed E-state index contributed by atoms with van der Waals surface area (Å²) in [6.07, 6.45) is 17.8. The highest BCUT2D eigenvalue weighted by atomic mass is 16.2. The molecular formula is C33H33N9O. The van der Waals surface area contributed by atoms with Crippen molar-refractivity contribution < 1.29 is 4.79 Å². The van der Waals surface area contributed by atoms with Crippen molar-refractivity contribution in [1.29, 1.82) is 5.26 Å². The molecule has 7 rings (SSSR count). The summed E-state index contributed by atoms with van der Waals surface area (Å²) in [5, 5.41) is 18.5. The van der Waals surface area contributed by atoms with Crippen molar-refractivity contribution in [2.24, 2.45) is 12.5 Å². The first-order valence-electron chi connectivity index (χ1n) is 14.8. The molecule has 6 heterocycles. The first kappa shape index (κ1) is 26.8. The Bertz CT molecular complexity index is 1800. The number of nitrogens with zero attached hydrogens (tertiary/aromatic N) is 9. The summed E-state index contributed by atoms with van der Waals surface area (Å²) >= 11 is 0. The number of carbonyl (C=O) groups is 1. The van der Waals surface area contributed by atoms with Crippen LogP contribution in [0.2, 0.25) is 0 Å². The summed E-state index contributed by atoms with van der Waals surface area (Å²) in [5.41, 5.74) is 6.47. The number of rotatable bonds is 8. The fourth-order valence-electron chi connectivity index (χ4n) is 6.15. The third kappa shape index (κ3) is 5.46. The van der Waals surface area contributed by atoms with Crippen molar-refractivity contribution in [1.82, 2.24) is 34.3 Å². The molecule has 2 fully saturated rings. The molecule has 43 heavy (non-hydrogen) atoms. The second-order valence-corrected chi connectivity index (χ2v) is 11.8. The molecule has 0 spiro atoms. The number of hydrogen-bond acceptors (Lipinski definition) is 7. The molecule has 2 aliphatic rings. The van der Waals surface area contributed by atoms with E-state index in [4.69, 9.17) is 4.98 Å². The quantitative estimate of drug-likeness (QED) is 0.270. The van der Waals surface area contributed by atoms with Crippen molar-refractivity contribution >= 4 is 17.2 Å². The molecule has 10 heteroatoms. The van der Waals surface area contributed by atoms with Crippen LogP contribution in [0.15, 0.2) is 73.7 Å². The van der Waals surface area contributed by atoms with Crippen LogP contribution in [-0.4, -0.2) is 66.3 Å². The number of hydrogen-bond donors (Lipinski definition) is 0. The highest BCUT2D eigenvalue weighted by Gasteiger charge is 2.44. The van der Waals surface area contributed by atoms with Crippen molar-refractivity contribution in [3.8, 4) is 28.3 Å². The standard InChI is InChI=1S/C33H33N9O/c1-39-22-28(21-37-39)26-16-29(32-27(18-34)20-38-42(32)23-26)25-2-3-30(36-19-25)40-12-14-41(15-13-40)31(43)17-33(8-9-33)7-4-24-5-10-35-11-6-24/h2-3,5-6,10-11,16,19-23H,4,7-9,12-15,17H2,1H3. The number of aromatic nitrogens is 6. The number of amides is 1. The molecule has 0 atom stereocenters. The monoisotopic (exact) mass is 571 g/mol. The molecule has 5 aromatic rings. The maximum Gasteiger partial charge on any atom is 0.223 e. The second kappa shape index (κ2) is 11.0. The fraction of sp³-hybridized carbons (Fsp3) is 0.333. The zero-order valence-electron chi connectivity index (χ0n) is 24.2. The number of pyridine rings is 3. The Morgan fingerprint density at radius 3 is 2.44 bits per heavy atom. The van der Waals surface area contributed by atoms with Gasteiger partial charge in [-0.05, 0) is 67.0 Å². The van der Waals surface area contributed by atoms with Gasteiger partial charge in [0.25, 0.3) is 0 Å². The Morgan fingerprint density at radius 2 is 1.77 bits per heavy atom. The molecule has 1 amide bonds. The Kier molecular flexibility index (Phi) is 6.86. The first-order chi connectivity index (χ1) is 21.0. The van der Waals surface area contributed by atoms with Crippen LogP contribution in [0, 0.1) is 16.7 Å². The Balaban J connectivity index is 1.02. The molecule has 1 aliphatic carbocycles. The lowest BCUT2D eigenvalue weighted by molar-refractivity contribution is -0.132. The zero-order valence-corrected chi connectivity index (χ0v) is 24.2. The highest BCUT2D eigenvalue weighted by molar-refractivity contribution is 5.87. The maximum atomic E-state index is 13.2. The zero-order chi connectivity index (χ0) is 29.4.